The standard InChI is InChI=1S/C13H14N2O/c1-2-11-12(15-8-14-11)3-10(1)16-7-13-4-9(5-13)6-13/h1-3,8-9H,4-7H2,(H,14,15). The molecule has 2 bridgehead atoms. The Morgan fingerprint density at radius 3 is 3.00 bits per heavy atom. The number of H-pyrrole nitrogens is 1. The van der Waals surface area contributed by atoms with Crippen LogP contribution in [0.1, 0.15) is 19.3 Å². The molecule has 0 atom stereocenters. The van der Waals surface area contributed by atoms with Gasteiger partial charge in [-0.3, -0.25) is 0 Å². The predicted octanol–water partition coefficient (Wildman–Crippen LogP) is 2.74. The molecule has 0 radical (unpaired) electrons. The van der Waals surface area contributed by atoms with Gasteiger partial charge >= 0.3 is 0 Å². The molecule has 1 aromatic heterocycles. The van der Waals surface area contributed by atoms with Crippen LogP contribution in [0.2, 0.25) is 0 Å². The molecule has 3 aliphatic rings. The molecule has 3 fully saturated rings. The Balaban J connectivity index is 1.52. The second-order valence-electron chi connectivity index (χ2n) is 5.35. The zero-order valence-electron chi connectivity index (χ0n) is 9.07. The summed E-state index contributed by atoms with van der Waals surface area (Å²) < 4.78 is 5.88. The number of ether oxygens (including phenoxy) is 1. The largest absolute Gasteiger partial charge is 0.493 e. The number of aromatic amines is 1. The number of nitrogens with zero attached hydrogens (tertiary/aromatic N) is 1. The molecule has 5 rings (SSSR count). The highest BCUT2D eigenvalue weighted by Crippen LogP contribution is 2.64. The van der Waals surface area contributed by atoms with Gasteiger partial charge in [-0.15, -0.1) is 0 Å². The van der Waals surface area contributed by atoms with Crippen LogP contribution in [0, 0.1) is 11.3 Å². The molecular formula is C13H14N2O. The van der Waals surface area contributed by atoms with E-state index in [-0.39, 0.29) is 0 Å². The molecule has 0 saturated heterocycles. The van der Waals surface area contributed by atoms with Crippen molar-refractivity contribution >= 4 is 11.0 Å². The summed E-state index contributed by atoms with van der Waals surface area (Å²) in [6.45, 7) is 0.892. The molecule has 3 aliphatic carbocycles. The van der Waals surface area contributed by atoms with Crippen molar-refractivity contribution in [3.8, 4) is 5.75 Å². The van der Waals surface area contributed by atoms with E-state index in [1.165, 1.54) is 19.3 Å². The first-order valence-electron chi connectivity index (χ1n) is 5.89. The monoisotopic (exact) mass is 214 g/mol. The number of hydrogen-bond acceptors (Lipinski definition) is 2. The summed E-state index contributed by atoms with van der Waals surface area (Å²) in [7, 11) is 0. The van der Waals surface area contributed by atoms with Gasteiger partial charge in [0.1, 0.15) is 5.75 Å². The minimum atomic E-state index is 0.549. The van der Waals surface area contributed by atoms with Crippen molar-refractivity contribution in [2.24, 2.45) is 11.3 Å². The van der Waals surface area contributed by atoms with Crippen LogP contribution in [0.15, 0.2) is 24.5 Å². The van der Waals surface area contributed by atoms with Gasteiger partial charge in [0.05, 0.1) is 24.0 Å². The first kappa shape index (κ1) is 8.62. The van der Waals surface area contributed by atoms with Gasteiger partial charge in [-0.1, -0.05) is 0 Å². The Morgan fingerprint density at radius 2 is 2.25 bits per heavy atom. The average Bonchev–Trinajstić information content (AvgIpc) is 2.60. The minimum Gasteiger partial charge on any atom is -0.493 e. The Hall–Kier alpha value is -1.51. The maximum Gasteiger partial charge on any atom is 0.121 e. The SMILES string of the molecule is c1nc2ccc(OCC34CC(C3)C4)cc2[nH]1. The van der Waals surface area contributed by atoms with E-state index in [2.05, 4.69) is 9.97 Å². The third kappa shape index (κ3) is 1.11. The molecule has 82 valence electrons. The smallest absolute Gasteiger partial charge is 0.121 e. The predicted molar refractivity (Wildman–Crippen MR) is 61.4 cm³/mol. The molecule has 3 nitrogen and oxygen atoms in total. The van der Waals surface area contributed by atoms with Crippen LogP contribution >= 0.6 is 0 Å². The van der Waals surface area contributed by atoms with Crippen LogP contribution in [0.3, 0.4) is 0 Å². The maximum atomic E-state index is 5.88. The summed E-state index contributed by atoms with van der Waals surface area (Å²) in [6.07, 6.45) is 5.88. The first-order chi connectivity index (χ1) is 7.83. The van der Waals surface area contributed by atoms with E-state index < -0.39 is 0 Å². The van der Waals surface area contributed by atoms with E-state index >= 15 is 0 Å². The van der Waals surface area contributed by atoms with Gasteiger partial charge in [-0.05, 0) is 37.3 Å². The normalized spacial score (nSPS) is 30.9. The van der Waals surface area contributed by atoms with Crippen LogP contribution in [0.25, 0.3) is 11.0 Å². The van der Waals surface area contributed by atoms with Crippen molar-refractivity contribution in [3.63, 3.8) is 0 Å². The lowest BCUT2D eigenvalue weighted by molar-refractivity contribution is -0.131. The van der Waals surface area contributed by atoms with Crippen molar-refractivity contribution in [1.82, 2.24) is 9.97 Å². The molecule has 1 N–H and O–H groups in total. The first-order valence-corrected chi connectivity index (χ1v) is 5.89. The Labute approximate surface area is 93.8 Å². The van der Waals surface area contributed by atoms with Crippen molar-refractivity contribution in [2.45, 2.75) is 19.3 Å². The lowest BCUT2D eigenvalue weighted by Gasteiger charge is -2.61. The summed E-state index contributed by atoms with van der Waals surface area (Å²) in [4.78, 5) is 7.30. The molecule has 1 heterocycles. The van der Waals surface area contributed by atoms with Crippen molar-refractivity contribution in [1.29, 1.82) is 0 Å². The number of hydrogen-bond donors (Lipinski definition) is 1. The molecule has 16 heavy (non-hydrogen) atoms. The van der Waals surface area contributed by atoms with Gasteiger partial charge in [0.15, 0.2) is 0 Å². The molecule has 0 unspecified atom stereocenters. The number of rotatable bonds is 3. The third-order valence-electron chi connectivity index (χ3n) is 4.10. The number of fused-ring (bicyclic) bond motifs is 1. The molecule has 0 aliphatic heterocycles. The summed E-state index contributed by atoms with van der Waals surface area (Å²) in [6, 6.07) is 6.05. The number of imidazole rings is 1. The number of benzene rings is 1. The van der Waals surface area contributed by atoms with E-state index in [0.29, 0.717) is 5.41 Å². The average molecular weight is 214 g/mol. The highest BCUT2D eigenvalue weighted by Gasteiger charge is 2.56. The van der Waals surface area contributed by atoms with Gasteiger partial charge in [0.2, 0.25) is 0 Å². The van der Waals surface area contributed by atoms with Crippen LogP contribution < -0.4 is 4.74 Å². The van der Waals surface area contributed by atoms with Crippen LogP contribution in [-0.2, 0) is 0 Å². The molecule has 3 saturated carbocycles. The van der Waals surface area contributed by atoms with E-state index in [0.717, 1.165) is 29.3 Å². The molecule has 1 aromatic carbocycles. The molecule has 0 spiro atoms. The quantitative estimate of drug-likeness (QED) is 0.853. The van der Waals surface area contributed by atoms with Gasteiger partial charge in [-0.2, -0.15) is 0 Å². The fourth-order valence-corrected chi connectivity index (χ4v) is 3.08. The topological polar surface area (TPSA) is 37.9 Å². The van der Waals surface area contributed by atoms with Gasteiger partial charge in [-0.25, -0.2) is 4.98 Å². The number of aromatic nitrogens is 2. The van der Waals surface area contributed by atoms with Crippen LogP contribution in [0.4, 0.5) is 0 Å². The molecule has 2 aromatic rings. The Bertz CT molecular complexity index is 529. The van der Waals surface area contributed by atoms with Gasteiger partial charge in [0, 0.05) is 11.5 Å². The maximum absolute atomic E-state index is 5.88. The summed E-state index contributed by atoms with van der Waals surface area (Å²) in [5, 5.41) is 0. The molecular weight excluding hydrogens is 200 g/mol. The van der Waals surface area contributed by atoms with Gasteiger partial charge < -0.3 is 9.72 Å². The lowest BCUT2D eigenvalue weighted by Crippen LogP contribution is -2.55. The second-order valence-corrected chi connectivity index (χ2v) is 5.35. The zero-order valence-corrected chi connectivity index (χ0v) is 9.07. The zero-order chi connectivity index (χ0) is 10.6. The van der Waals surface area contributed by atoms with E-state index in [9.17, 15) is 0 Å². The highest BCUT2D eigenvalue weighted by molar-refractivity contribution is 5.75. The van der Waals surface area contributed by atoms with Crippen LogP contribution in [-0.4, -0.2) is 16.6 Å². The van der Waals surface area contributed by atoms with Crippen molar-refractivity contribution in [3.05, 3.63) is 24.5 Å². The molecule has 3 heteroatoms. The Morgan fingerprint density at radius 1 is 1.38 bits per heavy atom. The van der Waals surface area contributed by atoms with Crippen LogP contribution in [0.5, 0.6) is 5.75 Å². The second kappa shape index (κ2) is 2.78. The van der Waals surface area contributed by atoms with E-state index in [1.807, 2.05) is 18.2 Å². The Kier molecular flexibility index (Phi) is 1.50. The third-order valence-corrected chi connectivity index (χ3v) is 4.10. The van der Waals surface area contributed by atoms with E-state index in [4.69, 9.17) is 4.74 Å². The summed E-state index contributed by atoms with van der Waals surface area (Å²) >= 11 is 0. The summed E-state index contributed by atoms with van der Waals surface area (Å²) in [5.74, 6) is 1.99. The lowest BCUT2D eigenvalue weighted by atomic mass is 9.45. The van der Waals surface area contributed by atoms with E-state index in [1.54, 1.807) is 6.33 Å². The molecule has 0 amide bonds. The minimum absolute atomic E-state index is 0.549. The fourth-order valence-electron chi connectivity index (χ4n) is 3.08. The van der Waals surface area contributed by atoms with Gasteiger partial charge in [0.25, 0.3) is 0 Å². The highest BCUT2D eigenvalue weighted by atomic mass is 16.5. The van der Waals surface area contributed by atoms with Crippen molar-refractivity contribution < 1.29 is 4.74 Å². The fraction of sp³-hybridized carbons (Fsp3) is 0.462. The summed E-state index contributed by atoms with van der Waals surface area (Å²) in [5.41, 5.74) is 2.60. The number of nitrogens with one attached hydrogen (secondary N) is 1. The van der Waals surface area contributed by atoms with Crippen molar-refractivity contribution in [2.75, 3.05) is 6.61 Å².